The Kier molecular flexibility index (Phi) is 42.2. The molecule has 0 saturated carbocycles. The minimum Gasteiger partial charge on any atom is -0.0683 e. The van der Waals surface area contributed by atoms with Gasteiger partial charge in [0.2, 0.25) is 0 Å². The SMILES string of the molecule is CC.CC.CC.CC.CC.CCCCCCc1ccc(-c2ccccc2)cc1.CCCc1ccc(-c2ccccc2)cc1.Cc1ccc(-c2ccccc2)cc1.Cc1ccc(-c2ccccc2)cc1C.c1ccc(-c2ccccc2)cc1. The molecular formula is C82H104. The fourth-order valence-corrected chi connectivity index (χ4v) is 8.22. The van der Waals surface area contributed by atoms with Gasteiger partial charge in [0.1, 0.15) is 0 Å². The van der Waals surface area contributed by atoms with Gasteiger partial charge < -0.3 is 0 Å². The highest BCUT2D eigenvalue weighted by molar-refractivity contribution is 5.67. The van der Waals surface area contributed by atoms with Crippen LogP contribution in [0.25, 0.3) is 55.6 Å². The molecule has 0 aromatic heterocycles. The molecule has 0 spiro atoms. The molecule has 0 amide bonds. The van der Waals surface area contributed by atoms with E-state index in [0.717, 1.165) is 0 Å². The molecule has 0 saturated heterocycles. The van der Waals surface area contributed by atoms with Gasteiger partial charge >= 0.3 is 0 Å². The second kappa shape index (κ2) is 48.0. The van der Waals surface area contributed by atoms with Crippen LogP contribution in [-0.4, -0.2) is 0 Å². The lowest BCUT2D eigenvalue weighted by molar-refractivity contribution is 0.667. The number of hydrogen-bond acceptors (Lipinski definition) is 0. The summed E-state index contributed by atoms with van der Waals surface area (Å²) in [5, 5.41) is 0. The Morgan fingerprint density at radius 3 is 0.744 bits per heavy atom. The fraction of sp³-hybridized carbons (Fsp3) is 0.268. The van der Waals surface area contributed by atoms with Gasteiger partial charge in [-0.15, -0.1) is 0 Å². The monoisotopic (exact) mass is 1090 g/mol. The summed E-state index contributed by atoms with van der Waals surface area (Å²) in [5.74, 6) is 0. The summed E-state index contributed by atoms with van der Waals surface area (Å²) in [6.45, 7) is 30.9. The Morgan fingerprint density at radius 2 is 0.463 bits per heavy atom. The van der Waals surface area contributed by atoms with Crippen LogP contribution in [0.15, 0.2) is 273 Å². The molecule has 0 unspecified atom stereocenters. The van der Waals surface area contributed by atoms with Crippen LogP contribution in [0.1, 0.15) is 143 Å². The molecule has 0 radical (unpaired) electrons. The molecule has 0 aliphatic carbocycles. The highest BCUT2D eigenvalue weighted by Crippen LogP contribution is 2.24. The van der Waals surface area contributed by atoms with E-state index in [1.165, 1.54) is 128 Å². The molecule has 0 heteroatoms. The molecule has 0 aliphatic rings. The van der Waals surface area contributed by atoms with E-state index in [4.69, 9.17) is 0 Å². The van der Waals surface area contributed by atoms with E-state index in [1.807, 2.05) is 93.5 Å². The number of benzene rings is 10. The van der Waals surface area contributed by atoms with Gasteiger partial charge in [-0.3, -0.25) is 0 Å². The van der Waals surface area contributed by atoms with Crippen molar-refractivity contribution in [2.45, 2.75) is 149 Å². The third-order valence-electron chi connectivity index (χ3n) is 12.6. The van der Waals surface area contributed by atoms with Crippen molar-refractivity contribution in [3.8, 4) is 55.6 Å². The summed E-state index contributed by atoms with van der Waals surface area (Å²) in [7, 11) is 0. The van der Waals surface area contributed by atoms with E-state index in [-0.39, 0.29) is 0 Å². The topological polar surface area (TPSA) is 0 Å². The second-order valence-electron chi connectivity index (χ2n) is 18.3. The van der Waals surface area contributed by atoms with Crippen molar-refractivity contribution in [1.82, 2.24) is 0 Å². The third-order valence-corrected chi connectivity index (χ3v) is 12.6. The fourth-order valence-electron chi connectivity index (χ4n) is 8.22. The normalized spacial score (nSPS) is 9.26. The highest BCUT2D eigenvalue weighted by atomic mass is 14.1. The Hall–Kier alpha value is -7.80. The van der Waals surface area contributed by atoms with Gasteiger partial charge in [0.25, 0.3) is 0 Å². The maximum Gasteiger partial charge on any atom is -0.0181 e. The number of unbranched alkanes of at least 4 members (excludes halogenated alkanes) is 3. The zero-order valence-electron chi connectivity index (χ0n) is 53.4. The summed E-state index contributed by atoms with van der Waals surface area (Å²) in [6.07, 6.45) is 8.96. The lowest BCUT2D eigenvalue weighted by Crippen LogP contribution is -1.86. The molecule has 432 valence electrons. The molecule has 0 N–H and O–H groups in total. The minimum absolute atomic E-state index is 1.18. The van der Waals surface area contributed by atoms with Crippen LogP contribution >= 0.6 is 0 Å². The van der Waals surface area contributed by atoms with E-state index in [0.29, 0.717) is 0 Å². The first-order chi connectivity index (χ1) is 40.4. The predicted octanol–water partition coefficient (Wildman–Crippen LogP) is 25.9. The molecule has 82 heavy (non-hydrogen) atoms. The standard InChI is InChI=1S/C18H22.C15H16.C14H14.C13H12.C12H10.5C2H6/c1-2-3-4-6-9-16-12-14-18(15-13-16)17-10-7-5-8-11-17;1-2-6-13-9-11-15(12-10-13)14-7-4-3-5-8-14;1-11-8-9-14(10-12(11)2)13-6-4-3-5-7-13;1-11-7-9-13(10-8-11)12-5-3-2-4-6-12;1-3-7-11(8-4-1)12-9-5-2-6-10-12;5*1-2/h5,7-8,10-15H,2-4,6,9H2,1H3;3-5,7-12H,2,6H2,1H3;3-10H,1-2H3;2-10H,1H3;1-10H;5*1-2H3. The van der Waals surface area contributed by atoms with E-state index >= 15 is 0 Å². The van der Waals surface area contributed by atoms with Crippen LogP contribution in [0.3, 0.4) is 0 Å². The molecule has 10 aromatic carbocycles. The molecule has 0 nitrogen and oxygen atoms in total. The van der Waals surface area contributed by atoms with E-state index in [2.05, 4.69) is 283 Å². The van der Waals surface area contributed by atoms with Crippen LogP contribution in [0, 0.1) is 20.8 Å². The zero-order chi connectivity index (χ0) is 60.4. The van der Waals surface area contributed by atoms with E-state index in [1.54, 1.807) is 0 Å². The van der Waals surface area contributed by atoms with Gasteiger partial charge in [-0.25, -0.2) is 0 Å². The number of rotatable bonds is 12. The first kappa shape index (κ1) is 72.2. The van der Waals surface area contributed by atoms with Crippen molar-refractivity contribution in [3.05, 3.63) is 301 Å². The van der Waals surface area contributed by atoms with Crippen LogP contribution in [-0.2, 0) is 12.8 Å². The molecular weight excluding hydrogens is 985 g/mol. The van der Waals surface area contributed by atoms with Crippen LogP contribution in [0.5, 0.6) is 0 Å². The molecule has 0 aliphatic heterocycles. The zero-order valence-corrected chi connectivity index (χ0v) is 53.4. The van der Waals surface area contributed by atoms with Crippen molar-refractivity contribution >= 4 is 0 Å². The highest BCUT2D eigenvalue weighted by Gasteiger charge is 2.01. The van der Waals surface area contributed by atoms with Crippen molar-refractivity contribution < 1.29 is 0 Å². The summed E-state index contributed by atoms with van der Waals surface area (Å²) >= 11 is 0. The van der Waals surface area contributed by atoms with Crippen molar-refractivity contribution in [1.29, 1.82) is 0 Å². The van der Waals surface area contributed by atoms with Gasteiger partial charge in [0.05, 0.1) is 0 Å². The number of hydrogen-bond donors (Lipinski definition) is 0. The average molecular weight is 1090 g/mol. The predicted molar refractivity (Wildman–Crippen MR) is 372 cm³/mol. The molecule has 10 aromatic rings. The maximum atomic E-state index is 2.27. The quantitative estimate of drug-likeness (QED) is 0.107. The van der Waals surface area contributed by atoms with Crippen LogP contribution in [0.4, 0.5) is 0 Å². The van der Waals surface area contributed by atoms with Gasteiger partial charge in [-0.2, -0.15) is 0 Å². The largest absolute Gasteiger partial charge is 0.0683 e. The Bertz CT molecular complexity index is 2900. The minimum atomic E-state index is 1.18. The second-order valence-corrected chi connectivity index (χ2v) is 18.3. The summed E-state index contributed by atoms with van der Waals surface area (Å²) in [4.78, 5) is 0. The van der Waals surface area contributed by atoms with Crippen LogP contribution in [0.2, 0.25) is 0 Å². The van der Waals surface area contributed by atoms with E-state index in [9.17, 15) is 0 Å². The van der Waals surface area contributed by atoms with Gasteiger partial charge in [-0.05, 0) is 118 Å². The van der Waals surface area contributed by atoms with Gasteiger partial charge in [-0.1, -0.05) is 387 Å². The third kappa shape index (κ3) is 29.1. The molecule has 0 fully saturated rings. The Balaban J connectivity index is 0.000000495. The summed E-state index contributed by atoms with van der Waals surface area (Å²) in [5.41, 5.74) is 19.8. The number of aryl methyl sites for hydroxylation is 5. The van der Waals surface area contributed by atoms with Crippen LogP contribution < -0.4 is 0 Å². The molecule has 0 atom stereocenters. The van der Waals surface area contributed by atoms with Gasteiger partial charge in [0, 0.05) is 0 Å². The van der Waals surface area contributed by atoms with Crippen molar-refractivity contribution in [3.63, 3.8) is 0 Å². The van der Waals surface area contributed by atoms with Gasteiger partial charge in [0.15, 0.2) is 0 Å². The smallest absolute Gasteiger partial charge is 0.0181 e. The van der Waals surface area contributed by atoms with E-state index < -0.39 is 0 Å². The summed E-state index contributed by atoms with van der Waals surface area (Å²) in [6, 6.07) is 95.9. The molecule has 0 heterocycles. The molecule has 10 rings (SSSR count). The summed E-state index contributed by atoms with van der Waals surface area (Å²) < 4.78 is 0. The Labute approximate surface area is 502 Å². The Morgan fingerprint density at radius 1 is 0.207 bits per heavy atom. The van der Waals surface area contributed by atoms with Crippen molar-refractivity contribution in [2.24, 2.45) is 0 Å². The molecule has 0 bridgehead atoms. The average Bonchev–Trinajstić information content (AvgIpc) is 3.59. The first-order valence-electron chi connectivity index (χ1n) is 31.0. The lowest BCUT2D eigenvalue weighted by Gasteiger charge is -2.04. The van der Waals surface area contributed by atoms with Crippen molar-refractivity contribution in [2.75, 3.05) is 0 Å². The maximum absolute atomic E-state index is 2.27. The first-order valence-corrected chi connectivity index (χ1v) is 31.0. The lowest BCUT2D eigenvalue weighted by atomic mass is 10.0.